The van der Waals surface area contributed by atoms with Gasteiger partial charge in [-0.2, -0.15) is 0 Å². The molecule has 0 spiro atoms. The Hall–Kier alpha value is -3.20. The molecule has 2 aliphatic heterocycles. The summed E-state index contributed by atoms with van der Waals surface area (Å²) in [5.74, 6) is 1.04. The van der Waals surface area contributed by atoms with E-state index in [2.05, 4.69) is 9.97 Å². The van der Waals surface area contributed by atoms with Gasteiger partial charge in [-0.3, -0.25) is 9.88 Å². The van der Waals surface area contributed by atoms with Crippen LogP contribution in [0.25, 0.3) is 0 Å². The molecule has 0 unspecified atom stereocenters. The Labute approximate surface area is 203 Å². The first-order valence-corrected chi connectivity index (χ1v) is 11.7. The molecule has 176 valence electrons. The summed E-state index contributed by atoms with van der Waals surface area (Å²) in [7, 11) is 0. The summed E-state index contributed by atoms with van der Waals surface area (Å²) in [4.78, 5) is 25.4. The summed E-state index contributed by atoms with van der Waals surface area (Å²) in [5.41, 5.74) is 1.74. The summed E-state index contributed by atoms with van der Waals surface area (Å²) in [5, 5.41) is 0.620. The second-order valence-electron chi connectivity index (χ2n) is 8.12. The van der Waals surface area contributed by atoms with Crippen molar-refractivity contribution in [3.8, 4) is 11.6 Å². The zero-order valence-corrected chi connectivity index (χ0v) is 19.3. The number of nitrogens with zero attached hydrogens (tertiary/aromatic N) is 4. The lowest BCUT2D eigenvalue weighted by Crippen LogP contribution is -2.35. The molecule has 1 atom stereocenters. The van der Waals surface area contributed by atoms with Gasteiger partial charge >= 0.3 is 6.03 Å². The van der Waals surface area contributed by atoms with Gasteiger partial charge in [0.2, 0.25) is 5.88 Å². The number of carbonyl (C=O) groups excluding carboxylic acids is 1. The molecule has 34 heavy (non-hydrogen) atoms. The average molecular weight is 481 g/mol. The van der Waals surface area contributed by atoms with Crippen LogP contribution in [0.15, 0.2) is 67.1 Å². The standard InChI is InChI=1S/C25H25ClN4O4/c26-19-5-7-20(8-6-19)30-22(17-29(25(30)31)12-9-24-32-13-2-14-33-24)18-3-1-4-21(15-18)34-23-16-27-10-11-28-23/h1,3-8,10-11,15-16,22,24H,2,9,12-14,17H2/t22-/m1/s1. The normalized spacial score (nSPS) is 19.0. The minimum atomic E-state index is -0.270. The Balaban J connectivity index is 1.39. The van der Waals surface area contributed by atoms with Gasteiger partial charge in [0.1, 0.15) is 5.75 Å². The molecule has 2 amide bonds. The lowest BCUT2D eigenvalue weighted by Gasteiger charge is -2.25. The van der Waals surface area contributed by atoms with E-state index >= 15 is 0 Å². The van der Waals surface area contributed by atoms with Gasteiger partial charge in [0.25, 0.3) is 0 Å². The maximum atomic E-state index is 13.5. The second kappa shape index (κ2) is 10.4. The minimum absolute atomic E-state index is 0.0663. The molecule has 0 bridgehead atoms. The van der Waals surface area contributed by atoms with Gasteiger partial charge < -0.3 is 19.1 Å². The van der Waals surface area contributed by atoms with E-state index in [-0.39, 0.29) is 18.4 Å². The molecule has 0 aliphatic carbocycles. The fourth-order valence-corrected chi connectivity index (χ4v) is 4.32. The van der Waals surface area contributed by atoms with E-state index in [1.165, 1.54) is 0 Å². The number of rotatable bonds is 7. The summed E-state index contributed by atoms with van der Waals surface area (Å²) in [6.07, 6.45) is 5.99. The van der Waals surface area contributed by atoms with Crippen LogP contribution in [-0.2, 0) is 9.47 Å². The van der Waals surface area contributed by atoms with Crippen LogP contribution in [0.1, 0.15) is 24.4 Å². The van der Waals surface area contributed by atoms with Crippen molar-refractivity contribution in [2.24, 2.45) is 0 Å². The molecule has 9 heteroatoms. The fraction of sp³-hybridized carbons (Fsp3) is 0.320. The molecule has 8 nitrogen and oxygen atoms in total. The maximum Gasteiger partial charge on any atom is 0.325 e. The molecule has 3 aromatic rings. The van der Waals surface area contributed by atoms with Crippen LogP contribution in [0.5, 0.6) is 11.6 Å². The van der Waals surface area contributed by atoms with Gasteiger partial charge in [0, 0.05) is 42.6 Å². The summed E-state index contributed by atoms with van der Waals surface area (Å²) in [6, 6.07) is 14.8. The Bertz CT molecular complexity index is 1110. The van der Waals surface area contributed by atoms with Crippen molar-refractivity contribution in [1.29, 1.82) is 0 Å². The van der Waals surface area contributed by atoms with Gasteiger partial charge in [-0.1, -0.05) is 23.7 Å². The molecule has 0 N–H and O–H groups in total. The van der Waals surface area contributed by atoms with Gasteiger partial charge in [-0.05, 0) is 48.4 Å². The van der Waals surface area contributed by atoms with Crippen molar-refractivity contribution in [2.45, 2.75) is 25.2 Å². The Morgan fingerprint density at radius 1 is 1.09 bits per heavy atom. The third kappa shape index (κ3) is 5.14. The number of halogens is 1. The molecule has 2 aromatic carbocycles. The molecule has 2 saturated heterocycles. The average Bonchev–Trinajstić information content (AvgIpc) is 3.21. The van der Waals surface area contributed by atoms with Crippen molar-refractivity contribution < 1.29 is 19.0 Å². The number of carbonyl (C=O) groups is 1. The highest BCUT2D eigenvalue weighted by Crippen LogP contribution is 2.36. The van der Waals surface area contributed by atoms with Crippen molar-refractivity contribution >= 4 is 23.3 Å². The number of urea groups is 1. The topological polar surface area (TPSA) is 77.0 Å². The van der Waals surface area contributed by atoms with Crippen molar-refractivity contribution in [1.82, 2.24) is 14.9 Å². The quantitative estimate of drug-likeness (QED) is 0.470. The van der Waals surface area contributed by atoms with Gasteiger partial charge in [0.15, 0.2) is 6.29 Å². The molecule has 3 heterocycles. The first-order valence-electron chi connectivity index (χ1n) is 11.3. The van der Waals surface area contributed by atoms with Crippen LogP contribution in [0, 0.1) is 0 Å². The molecule has 5 rings (SSSR count). The first-order chi connectivity index (χ1) is 16.7. The summed E-state index contributed by atoms with van der Waals surface area (Å²) in [6.45, 7) is 2.45. The Morgan fingerprint density at radius 3 is 2.68 bits per heavy atom. The van der Waals surface area contributed by atoms with Crippen molar-refractivity contribution in [3.63, 3.8) is 0 Å². The summed E-state index contributed by atoms with van der Waals surface area (Å²) < 4.78 is 17.2. The van der Waals surface area contributed by atoms with Crippen LogP contribution in [0.4, 0.5) is 10.5 Å². The predicted molar refractivity (Wildman–Crippen MR) is 127 cm³/mol. The van der Waals surface area contributed by atoms with Gasteiger partial charge in [-0.25, -0.2) is 9.78 Å². The van der Waals surface area contributed by atoms with E-state index in [0.717, 1.165) is 17.7 Å². The zero-order valence-electron chi connectivity index (χ0n) is 18.5. The summed E-state index contributed by atoms with van der Waals surface area (Å²) >= 11 is 6.10. The monoisotopic (exact) mass is 480 g/mol. The van der Waals surface area contributed by atoms with Crippen LogP contribution < -0.4 is 9.64 Å². The predicted octanol–water partition coefficient (Wildman–Crippen LogP) is 5.06. The van der Waals surface area contributed by atoms with E-state index in [0.29, 0.717) is 49.4 Å². The maximum absolute atomic E-state index is 13.5. The number of ether oxygens (including phenoxy) is 3. The van der Waals surface area contributed by atoms with Crippen molar-refractivity contribution in [3.05, 3.63) is 77.7 Å². The molecular weight excluding hydrogens is 456 g/mol. The number of benzene rings is 2. The highest BCUT2D eigenvalue weighted by molar-refractivity contribution is 6.30. The number of aromatic nitrogens is 2. The largest absolute Gasteiger partial charge is 0.437 e. The molecular formula is C25H25ClN4O4. The van der Waals surface area contributed by atoms with E-state index in [4.69, 9.17) is 25.8 Å². The number of anilines is 1. The number of hydrogen-bond donors (Lipinski definition) is 0. The SMILES string of the molecule is O=C1N(CCC2OCCCO2)C[C@H](c2cccc(Oc3cnccn3)c2)N1c1ccc(Cl)cc1. The third-order valence-electron chi connectivity index (χ3n) is 5.82. The van der Waals surface area contributed by atoms with Gasteiger partial charge in [0.05, 0.1) is 25.5 Å². The highest BCUT2D eigenvalue weighted by Gasteiger charge is 2.39. The molecule has 0 saturated carbocycles. The zero-order chi connectivity index (χ0) is 23.3. The molecule has 1 aromatic heterocycles. The smallest absolute Gasteiger partial charge is 0.325 e. The van der Waals surface area contributed by atoms with E-state index in [9.17, 15) is 4.79 Å². The van der Waals surface area contributed by atoms with Crippen LogP contribution in [0.3, 0.4) is 0 Å². The first kappa shape index (κ1) is 22.6. The Kier molecular flexibility index (Phi) is 6.89. The molecule has 2 aliphatic rings. The molecule has 0 radical (unpaired) electrons. The minimum Gasteiger partial charge on any atom is -0.437 e. The van der Waals surface area contributed by atoms with Crippen LogP contribution >= 0.6 is 11.6 Å². The lowest BCUT2D eigenvalue weighted by atomic mass is 10.1. The molecule has 2 fully saturated rings. The second-order valence-corrected chi connectivity index (χ2v) is 8.56. The number of hydrogen-bond acceptors (Lipinski definition) is 6. The van der Waals surface area contributed by atoms with Gasteiger partial charge in [-0.15, -0.1) is 0 Å². The van der Waals surface area contributed by atoms with Crippen LogP contribution in [-0.4, -0.2) is 53.5 Å². The number of amides is 2. The van der Waals surface area contributed by atoms with Crippen LogP contribution in [0.2, 0.25) is 5.02 Å². The van der Waals surface area contributed by atoms with Crippen molar-refractivity contribution in [2.75, 3.05) is 31.2 Å². The van der Waals surface area contributed by atoms with E-state index in [1.807, 2.05) is 41.3 Å². The Morgan fingerprint density at radius 2 is 1.91 bits per heavy atom. The highest BCUT2D eigenvalue weighted by atomic mass is 35.5. The third-order valence-corrected chi connectivity index (χ3v) is 6.07. The van der Waals surface area contributed by atoms with E-state index < -0.39 is 0 Å². The fourth-order valence-electron chi connectivity index (χ4n) is 4.20. The van der Waals surface area contributed by atoms with E-state index in [1.54, 1.807) is 35.6 Å². The lowest BCUT2D eigenvalue weighted by molar-refractivity contribution is -0.181.